The number of carbonyl (C=O) groups excluding carboxylic acids is 2. The topological polar surface area (TPSA) is 97.5 Å². The summed E-state index contributed by atoms with van der Waals surface area (Å²) < 4.78 is -1.17. The number of nitro groups is 1. The maximum absolute atomic E-state index is 11.7. The number of rotatable bonds is 4. The Bertz CT molecular complexity index is 827. The molecule has 6 nitrogen and oxygen atoms in total. The summed E-state index contributed by atoms with van der Waals surface area (Å²) in [5, 5.41) is 20.1. The molecule has 0 aliphatic carbocycles. The molecule has 0 atom stereocenters. The molecule has 0 saturated carbocycles. The van der Waals surface area contributed by atoms with Gasteiger partial charge >= 0.3 is 0 Å². The van der Waals surface area contributed by atoms with Crippen LogP contribution in [-0.4, -0.2) is 29.3 Å². The van der Waals surface area contributed by atoms with E-state index in [2.05, 4.69) is 47.8 Å². The number of Topliss-reactive ketones (excluding diaryl/α,β-unsaturated/α-hetero) is 2. The number of halogens is 3. The highest BCUT2D eigenvalue weighted by Gasteiger charge is 2.34. The van der Waals surface area contributed by atoms with E-state index in [0.717, 1.165) is 0 Å². The zero-order chi connectivity index (χ0) is 20.8. The van der Waals surface area contributed by atoms with Crippen molar-refractivity contribution in [2.24, 2.45) is 0 Å². The minimum atomic E-state index is -1.28. The highest BCUT2D eigenvalue weighted by molar-refractivity contribution is 9.40. The Morgan fingerprint density at radius 3 is 1.85 bits per heavy atom. The van der Waals surface area contributed by atoms with E-state index in [1.54, 1.807) is 30.3 Å². The molecule has 0 amide bonds. The van der Waals surface area contributed by atoms with Crippen LogP contribution in [0.4, 0.5) is 5.69 Å². The second-order valence-corrected chi connectivity index (χ2v) is 12.6. The lowest BCUT2D eigenvalue weighted by Gasteiger charge is -2.14. The lowest BCUT2D eigenvalue weighted by molar-refractivity contribution is -0.385. The van der Waals surface area contributed by atoms with Gasteiger partial charge in [0.15, 0.2) is 7.93 Å². The van der Waals surface area contributed by atoms with Gasteiger partial charge in [-0.3, -0.25) is 19.7 Å². The molecular weight excluding hydrogens is 550 g/mol. The van der Waals surface area contributed by atoms with Crippen molar-refractivity contribution in [2.75, 3.05) is 0 Å². The second kappa shape index (κ2) is 9.68. The Balaban J connectivity index is 0.000000277. The first kappa shape index (κ1) is 23.6. The Morgan fingerprint density at radius 2 is 1.41 bits per heavy atom. The van der Waals surface area contributed by atoms with E-state index in [1.807, 2.05) is 6.07 Å². The molecule has 0 radical (unpaired) electrons. The van der Waals surface area contributed by atoms with Crippen LogP contribution in [-0.2, 0) is 0 Å². The number of hydrogen-bond donors (Lipinski definition) is 1. The third-order valence-electron chi connectivity index (χ3n) is 3.19. The molecule has 0 fully saturated rings. The zero-order valence-corrected chi connectivity index (χ0v) is 19.1. The lowest BCUT2D eigenvalue weighted by Crippen LogP contribution is -2.30. The van der Waals surface area contributed by atoms with Crippen LogP contribution in [0.25, 0.3) is 0 Å². The molecule has 0 spiro atoms. The summed E-state index contributed by atoms with van der Waals surface area (Å²) in [7, 11) is 0. The van der Waals surface area contributed by atoms with E-state index in [4.69, 9.17) is 0 Å². The Kier molecular flexibility index (Phi) is 8.47. The van der Waals surface area contributed by atoms with Crippen LogP contribution >= 0.6 is 47.8 Å². The van der Waals surface area contributed by atoms with Gasteiger partial charge in [0, 0.05) is 11.6 Å². The van der Waals surface area contributed by atoms with E-state index in [-0.39, 0.29) is 17.0 Å². The molecule has 0 aliphatic rings. The second-order valence-electron chi connectivity index (χ2n) is 5.86. The number of benzene rings is 2. The predicted octanol–water partition coefficient (Wildman–Crippen LogP) is 5.26. The average molecular weight is 566 g/mol. The van der Waals surface area contributed by atoms with Crippen molar-refractivity contribution in [3.05, 3.63) is 75.8 Å². The molecule has 1 N–H and O–H groups in total. The van der Waals surface area contributed by atoms with Gasteiger partial charge in [0.1, 0.15) is 5.60 Å². The summed E-state index contributed by atoms with van der Waals surface area (Å²) in [4.78, 5) is 33.2. The SMILES string of the molecule is CC(C)(O)C(=O)c1ccccc1.O=C(c1ccccc1[N+](=O)[O-])C(Br)(Br)Br. The largest absolute Gasteiger partial charge is 0.382 e. The number of nitrogens with zero attached hydrogens (tertiary/aromatic N) is 1. The van der Waals surface area contributed by atoms with Crippen molar-refractivity contribution in [1.29, 1.82) is 0 Å². The van der Waals surface area contributed by atoms with Gasteiger partial charge in [-0.05, 0) is 19.9 Å². The summed E-state index contributed by atoms with van der Waals surface area (Å²) in [6, 6.07) is 14.5. The van der Waals surface area contributed by atoms with Crippen LogP contribution in [0.3, 0.4) is 0 Å². The first-order chi connectivity index (χ1) is 12.4. The number of hydrogen-bond acceptors (Lipinski definition) is 5. The fraction of sp³-hybridized carbons (Fsp3) is 0.222. The molecule has 0 aliphatic heterocycles. The minimum absolute atomic E-state index is 0.0353. The van der Waals surface area contributed by atoms with Crippen molar-refractivity contribution >= 4 is 65.0 Å². The molecular formula is C18H16Br3NO5. The van der Waals surface area contributed by atoms with Crippen molar-refractivity contribution in [1.82, 2.24) is 0 Å². The quantitative estimate of drug-likeness (QED) is 0.236. The van der Waals surface area contributed by atoms with Crippen LogP contribution in [0.5, 0.6) is 0 Å². The van der Waals surface area contributed by atoms with E-state index in [0.29, 0.717) is 5.56 Å². The number of ketones is 2. The molecule has 2 aromatic carbocycles. The Hall–Kier alpha value is -1.42. The fourth-order valence-electron chi connectivity index (χ4n) is 1.92. The van der Waals surface area contributed by atoms with Gasteiger partial charge in [0.05, 0.1) is 10.5 Å². The van der Waals surface area contributed by atoms with Crippen LogP contribution in [0.15, 0.2) is 54.6 Å². The standard InChI is InChI=1S/C10H12O2.C8H4Br3NO3/c1-10(2,12)9(11)8-6-4-3-5-7-8;9-8(10,11)7(13)5-3-1-2-4-6(5)12(14)15/h3-7,12H,1-2H3;1-4H. The van der Waals surface area contributed by atoms with Gasteiger partial charge in [-0.2, -0.15) is 0 Å². The van der Waals surface area contributed by atoms with Crippen molar-refractivity contribution < 1.29 is 19.6 Å². The fourth-order valence-corrected chi connectivity index (χ4v) is 2.56. The molecule has 9 heteroatoms. The number of aliphatic hydroxyl groups is 1. The van der Waals surface area contributed by atoms with Crippen LogP contribution < -0.4 is 0 Å². The highest BCUT2D eigenvalue weighted by Crippen LogP contribution is 2.38. The molecule has 144 valence electrons. The van der Waals surface area contributed by atoms with Crippen molar-refractivity contribution in [2.45, 2.75) is 21.6 Å². The predicted molar refractivity (Wildman–Crippen MR) is 114 cm³/mol. The van der Waals surface area contributed by atoms with Gasteiger partial charge in [-0.25, -0.2) is 0 Å². The average Bonchev–Trinajstić information content (AvgIpc) is 2.60. The van der Waals surface area contributed by atoms with E-state index in [9.17, 15) is 24.8 Å². The number of nitro benzene ring substituents is 1. The van der Waals surface area contributed by atoms with Gasteiger partial charge in [-0.15, -0.1) is 0 Å². The van der Waals surface area contributed by atoms with Gasteiger partial charge in [0.25, 0.3) is 5.69 Å². The maximum atomic E-state index is 11.7. The molecule has 0 unspecified atom stereocenters. The summed E-state index contributed by atoms with van der Waals surface area (Å²) in [5.41, 5.74) is -0.912. The van der Waals surface area contributed by atoms with Crippen molar-refractivity contribution in [3.63, 3.8) is 0 Å². The van der Waals surface area contributed by atoms with Gasteiger partial charge < -0.3 is 5.11 Å². The summed E-state index contributed by atoms with van der Waals surface area (Å²) >= 11 is 9.08. The Morgan fingerprint density at radius 1 is 0.926 bits per heavy atom. The smallest absolute Gasteiger partial charge is 0.280 e. The molecule has 0 saturated heterocycles. The van der Waals surface area contributed by atoms with Gasteiger partial charge in [-0.1, -0.05) is 90.3 Å². The first-order valence-electron chi connectivity index (χ1n) is 7.53. The zero-order valence-electron chi connectivity index (χ0n) is 14.4. The highest BCUT2D eigenvalue weighted by atomic mass is 80.0. The van der Waals surface area contributed by atoms with E-state index >= 15 is 0 Å². The van der Waals surface area contributed by atoms with E-state index in [1.165, 1.54) is 32.0 Å². The number of alkyl halides is 3. The molecule has 0 heterocycles. The number of para-hydroxylation sites is 1. The molecule has 0 aromatic heterocycles. The summed E-state index contributed by atoms with van der Waals surface area (Å²) in [5.74, 6) is -0.710. The van der Waals surface area contributed by atoms with Crippen LogP contribution in [0.2, 0.25) is 0 Å². The van der Waals surface area contributed by atoms with E-state index < -0.39 is 18.5 Å². The third kappa shape index (κ3) is 7.25. The van der Waals surface area contributed by atoms with Crippen molar-refractivity contribution in [3.8, 4) is 0 Å². The van der Waals surface area contributed by atoms with Crippen LogP contribution in [0.1, 0.15) is 34.6 Å². The molecule has 0 bridgehead atoms. The third-order valence-corrected chi connectivity index (χ3v) is 4.27. The minimum Gasteiger partial charge on any atom is -0.382 e. The Labute approximate surface area is 181 Å². The molecule has 2 rings (SSSR count). The normalized spacial score (nSPS) is 11.2. The molecule has 27 heavy (non-hydrogen) atoms. The number of carbonyl (C=O) groups is 2. The summed E-state index contributed by atoms with van der Waals surface area (Å²) in [6.45, 7) is 2.98. The van der Waals surface area contributed by atoms with Gasteiger partial charge in [0.2, 0.25) is 5.78 Å². The first-order valence-corrected chi connectivity index (χ1v) is 9.90. The lowest BCUT2D eigenvalue weighted by atomic mass is 9.97. The van der Waals surface area contributed by atoms with Crippen LogP contribution in [0, 0.1) is 10.1 Å². The summed E-state index contributed by atoms with van der Waals surface area (Å²) in [6.07, 6.45) is 0. The maximum Gasteiger partial charge on any atom is 0.280 e. The monoisotopic (exact) mass is 563 g/mol. The molecule has 2 aromatic rings.